The van der Waals surface area contributed by atoms with Crippen molar-refractivity contribution in [1.29, 1.82) is 0 Å². The van der Waals surface area contributed by atoms with Gasteiger partial charge in [-0.3, -0.25) is 4.79 Å². The van der Waals surface area contributed by atoms with Gasteiger partial charge in [0.2, 0.25) is 0 Å². The molecule has 0 aliphatic heterocycles. The molecule has 0 aromatic rings. The lowest BCUT2D eigenvalue weighted by atomic mass is 9.86. The number of carbonyl (C=O) groups excluding carboxylic acids is 1. The van der Waals surface area contributed by atoms with Gasteiger partial charge in [0.1, 0.15) is 5.54 Å². The first kappa shape index (κ1) is 15.4. The van der Waals surface area contributed by atoms with Crippen LogP contribution in [0.25, 0.3) is 0 Å². The molecule has 0 radical (unpaired) electrons. The third-order valence-electron chi connectivity index (χ3n) is 4.25. The zero-order valence-electron chi connectivity index (χ0n) is 12.1. The number of methoxy groups -OCH3 is 1. The molecule has 2 N–H and O–H groups in total. The lowest BCUT2D eigenvalue weighted by molar-refractivity contribution is -0.149. The van der Waals surface area contributed by atoms with Gasteiger partial charge < -0.3 is 15.2 Å². The second-order valence-corrected chi connectivity index (χ2v) is 5.87. The quantitative estimate of drug-likeness (QED) is 0.741. The molecule has 0 saturated heterocycles. The third-order valence-corrected chi connectivity index (χ3v) is 4.25. The maximum atomic E-state index is 11.8. The van der Waals surface area contributed by atoms with E-state index in [1.807, 2.05) is 0 Å². The van der Waals surface area contributed by atoms with Gasteiger partial charge in [0.05, 0.1) is 12.7 Å². The molecule has 2 unspecified atom stereocenters. The van der Waals surface area contributed by atoms with Crippen LogP contribution >= 0.6 is 0 Å². The number of nitrogens with two attached hydrogens (primary N) is 1. The van der Waals surface area contributed by atoms with E-state index in [2.05, 4.69) is 20.8 Å². The van der Waals surface area contributed by atoms with Crippen molar-refractivity contribution in [2.24, 2.45) is 11.7 Å². The van der Waals surface area contributed by atoms with Gasteiger partial charge in [-0.1, -0.05) is 13.3 Å². The van der Waals surface area contributed by atoms with Gasteiger partial charge in [0, 0.05) is 6.61 Å². The molecule has 0 spiro atoms. The van der Waals surface area contributed by atoms with Crippen LogP contribution in [0, 0.1) is 5.92 Å². The minimum atomic E-state index is -0.797. The van der Waals surface area contributed by atoms with E-state index in [1.165, 1.54) is 7.11 Å². The summed E-state index contributed by atoms with van der Waals surface area (Å²) in [5, 5.41) is 0. The van der Waals surface area contributed by atoms with Crippen LogP contribution in [0.2, 0.25) is 0 Å². The summed E-state index contributed by atoms with van der Waals surface area (Å²) in [5.41, 5.74) is 5.32. The molecule has 1 fully saturated rings. The van der Waals surface area contributed by atoms with Crippen LogP contribution in [0.15, 0.2) is 0 Å². The van der Waals surface area contributed by atoms with Crippen molar-refractivity contribution in [2.45, 2.75) is 64.0 Å². The number of rotatable bonds is 6. The maximum Gasteiger partial charge on any atom is 0.326 e. The number of esters is 1. The summed E-state index contributed by atoms with van der Waals surface area (Å²) >= 11 is 0. The zero-order valence-corrected chi connectivity index (χ0v) is 12.1. The summed E-state index contributed by atoms with van der Waals surface area (Å²) in [6.45, 7) is 6.92. The molecule has 1 aliphatic carbocycles. The lowest BCUT2D eigenvalue weighted by Crippen LogP contribution is -2.52. The Morgan fingerprint density at radius 2 is 2.17 bits per heavy atom. The fourth-order valence-corrected chi connectivity index (χ4v) is 2.54. The fourth-order valence-electron chi connectivity index (χ4n) is 2.54. The summed E-state index contributed by atoms with van der Waals surface area (Å²) in [7, 11) is 1.41. The number of hydrogen-bond donors (Lipinski definition) is 1. The molecule has 0 heterocycles. The van der Waals surface area contributed by atoms with Gasteiger partial charge in [0.15, 0.2) is 0 Å². The monoisotopic (exact) mass is 257 g/mol. The Hall–Kier alpha value is -0.610. The highest BCUT2D eigenvalue weighted by atomic mass is 16.5. The normalized spacial score (nSPS) is 28.4. The first-order chi connectivity index (χ1) is 8.35. The van der Waals surface area contributed by atoms with E-state index in [0.717, 1.165) is 32.1 Å². The van der Waals surface area contributed by atoms with E-state index in [9.17, 15) is 4.79 Å². The fraction of sp³-hybridized carbons (Fsp3) is 0.929. The molecule has 0 bridgehead atoms. The number of carbonyl (C=O) groups is 1. The molecule has 0 aromatic carbocycles. The standard InChI is InChI=1S/C14H27NO3/c1-5-13(2,3)18-10-8-11-7-6-9-14(11,15)12(16)17-4/h11H,5-10,15H2,1-4H3. The van der Waals surface area contributed by atoms with E-state index in [4.69, 9.17) is 15.2 Å². The van der Waals surface area contributed by atoms with Crippen LogP contribution in [0.3, 0.4) is 0 Å². The molecule has 18 heavy (non-hydrogen) atoms. The second kappa shape index (κ2) is 6.02. The minimum Gasteiger partial charge on any atom is -0.468 e. The summed E-state index contributed by atoms with van der Waals surface area (Å²) in [6.07, 6.45) is 4.51. The maximum absolute atomic E-state index is 11.8. The summed E-state index contributed by atoms with van der Waals surface area (Å²) < 4.78 is 10.7. The van der Waals surface area contributed by atoms with Crippen molar-refractivity contribution in [1.82, 2.24) is 0 Å². The molecule has 106 valence electrons. The Kier molecular flexibility index (Phi) is 5.17. The van der Waals surface area contributed by atoms with Crippen molar-refractivity contribution < 1.29 is 14.3 Å². The first-order valence-corrected chi connectivity index (χ1v) is 6.87. The van der Waals surface area contributed by atoms with Crippen LogP contribution in [-0.4, -0.2) is 30.8 Å². The van der Waals surface area contributed by atoms with Gasteiger partial charge in [-0.25, -0.2) is 0 Å². The molecular formula is C14H27NO3. The van der Waals surface area contributed by atoms with E-state index >= 15 is 0 Å². The number of ether oxygens (including phenoxy) is 2. The molecule has 2 atom stereocenters. The Morgan fingerprint density at radius 1 is 1.50 bits per heavy atom. The minimum absolute atomic E-state index is 0.0961. The Bertz CT molecular complexity index is 291. The summed E-state index contributed by atoms with van der Waals surface area (Å²) in [6, 6.07) is 0. The van der Waals surface area contributed by atoms with Gasteiger partial charge in [-0.15, -0.1) is 0 Å². The average molecular weight is 257 g/mol. The molecule has 1 aliphatic rings. The molecule has 1 saturated carbocycles. The summed E-state index contributed by atoms with van der Waals surface area (Å²) in [4.78, 5) is 11.8. The van der Waals surface area contributed by atoms with Gasteiger partial charge in [-0.05, 0) is 45.4 Å². The van der Waals surface area contributed by atoms with Gasteiger partial charge in [0.25, 0.3) is 0 Å². The van der Waals surface area contributed by atoms with Crippen LogP contribution in [0.4, 0.5) is 0 Å². The highest BCUT2D eigenvalue weighted by Crippen LogP contribution is 2.37. The molecule has 1 rings (SSSR count). The van der Waals surface area contributed by atoms with Crippen LogP contribution in [0.1, 0.15) is 52.9 Å². The van der Waals surface area contributed by atoms with Gasteiger partial charge in [-0.2, -0.15) is 0 Å². The van der Waals surface area contributed by atoms with Crippen LogP contribution in [0.5, 0.6) is 0 Å². The average Bonchev–Trinajstić information content (AvgIpc) is 2.71. The van der Waals surface area contributed by atoms with Crippen LogP contribution in [-0.2, 0) is 14.3 Å². The predicted octanol–water partition coefficient (Wildman–Crippen LogP) is 2.25. The highest BCUT2D eigenvalue weighted by molar-refractivity contribution is 5.81. The van der Waals surface area contributed by atoms with Crippen molar-refractivity contribution >= 4 is 5.97 Å². The first-order valence-electron chi connectivity index (χ1n) is 6.87. The predicted molar refractivity (Wildman–Crippen MR) is 71.2 cm³/mol. The summed E-state index contributed by atoms with van der Waals surface area (Å²) in [5.74, 6) is -0.0997. The van der Waals surface area contributed by atoms with E-state index in [1.54, 1.807) is 0 Å². The molecule has 4 heteroatoms. The Balaban J connectivity index is 2.49. The Labute approximate surface area is 110 Å². The van der Waals surface area contributed by atoms with E-state index in [0.29, 0.717) is 6.61 Å². The molecule has 0 amide bonds. The van der Waals surface area contributed by atoms with Crippen molar-refractivity contribution in [3.05, 3.63) is 0 Å². The van der Waals surface area contributed by atoms with E-state index in [-0.39, 0.29) is 17.5 Å². The zero-order chi connectivity index (χ0) is 13.8. The topological polar surface area (TPSA) is 61.5 Å². The smallest absolute Gasteiger partial charge is 0.326 e. The highest BCUT2D eigenvalue weighted by Gasteiger charge is 2.46. The van der Waals surface area contributed by atoms with Gasteiger partial charge >= 0.3 is 5.97 Å². The Morgan fingerprint density at radius 3 is 2.72 bits per heavy atom. The van der Waals surface area contributed by atoms with E-state index < -0.39 is 5.54 Å². The van der Waals surface area contributed by atoms with Crippen molar-refractivity contribution in [3.63, 3.8) is 0 Å². The lowest BCUT2D eigenvalue weighted by Gasteiger charge is -2.30. The van der Waals surface area contributed by atoms with Crippen molar-refractivity contribution in [2.75, 3.05) is 13.7 Å². The second-order valence-electron chi connectivity index (χ2n) is 5.87. The van der Waals surface area contributed by atoms with Crippen molar-refractivity contribution in [3.8, 4) is 0 Å². The molecule has 0 aromatic heterocycles. The SMILES string of the molecule is CCC(C)(C)OCCC1CCCC1(N)C(=O)OC. The number of hydrogen-bond acceptors (Lipinski definition) is 4. The molecule has 4 nitrogen and oxygen atoms in total. The largest absolute Gasteiger partial charge is 0.468 e. The van der Waals surface area contributed by atoms with Crippen LogP contribution < -0.4 is 5.73 Å². The third kappa shape index (κ3) is 3.45. The molecular weight excluding hydrogens is 230 g/mol.